The van der Waals surface area contributed by atoms with E-state index in [1.165, 1.54) is 0 Å². The topological polar surface area (TPSA) is 42.4 Å². The average Bonchev–Trinajstić information content (AvgIpc) is 2.46. The lowest BCUT2D eigenvalue weighted by molar-refractivity contribution is 0.0992. The number of pyridine rings is 1. The lowest BCUT2D eigenvalue weighted by atomic mass is 10.2. The van der Waals surface area contributed by atoms with Crippen molar-refractivity contribution in [1.82, 2.24) is 4.98 Å². The molecule has 1 aromatic heterocycles. The molecule has 4 nitrogen and oxygen atoms in total. The Bertz CT molecular complexity index is 584. The first-order chi connectivity index (χ1) is 9.13. The van der Waals surface area contributed by atoms with E-state index in [-0.39, 0.29) is 5.91 Å². The standard InChI is InChI=1S/C14H13BrN2O2/c1-17(10-5-7-11(19-2)8-6-10)14(18)12-4-3-9-16-13(12)15/h3-9H,1-2H3. The molecule has 1 heterocycles. The Labute approximate surface area is 120 Å². The summed E-state index contributed by atoms with van der Waals surface area (Å²) in [6.07, 6.45) is 1.63. The molecule has 0 spiro atoms. The molecule has 19 heavy (non-hydrogen) atoms. The number of hydrogen-bond donors (Lipinski definition) is 0. The lowest BCUT2D eigenvalue weighted by Crippen LogP contribution is -2.26. The van der Waals surface area contributed by atoms with E-state index in [0.717, 1.165) is 11.4 Å². The molecule has 0 saturated carbocycles. The minimum atomic E-state index is -0.120. The molecule has 0 fully saturated rings. The number of aromatic nitrogens is 1. The van der Waals surface area contributed by atoms with Gasteiger partial charge in [0.05, 0.1) is 12.7 Å². The van der Waals surface area contributed by atoms with E-state index < -0.39 is 0 Å². The second kappa shape index (κ2) is 5.84. The molecule has 0 saturated heterocycles. The van der Waals surface area contributed by atoms with Crippen LogP contribution in [0, 0.1) is 0 Å². The summed E-state index contributed by atoms with van der Waals surface area (Å²) < 4.78 is 5.63. The molecule has 2 rings (SSSR count). The van der Waals surface area contributed by atoms with Gasteiger partial charge in [-0.05, 0) is 52.3 Å². The summed E-state index contributed by atoms with van der Waals surface area (Å²) in [4.78, 5) is 18.0. The fourth-order valence-corrected chi connectivity index (χ4v) is 2.07. The Kier molecular flexibility index (Phi) is 4.16. The van der Waals surface area contributed by atoms with Crippen LogP contribution < -0.4 is 9.64 Å². The minimum absolute atomic E-state index is 0.120. The summed E-state index contributed by atoms with van der Waals surface area (Å²) in [5.41, 5.74) is 1.32. The monoisotopic (exact) mass is 320 g/mol. The highest BCUT2D eigenvalue weighted by molar-refractivity contribution is 9.10. The fraction of sp³-hybridized carbons (Fsp3) is 0.143. The van der Waals surface area contributed by atoms with Crippen molar-refractivity contribution in [2.75, 3.05) is 19.1 Å². The number of benzene rings is 1. The smallest absolute Gasteiger partial charge is 0.260 e. The second-order valence-electron chi connectivity index (χ2n) is 3.90. The van der Waals surface area contributed by atoms with Crippen LogP contribution in [-0.2, 0) is 0 Å². The van der Waals surface area contributed by atoms with Crippen LogP contribution in [0.15, 0.2) is 47.2 Å². The van der Waals surface area contributed by atoms with Crippen LogP contribution in [0.3, 0.4) is 0 Å². The maximum atomic E-state index is 12.3. The molecule has 0 aliphatic carbocycles. The molecule has 2 aromatic rings. The van der Waals surface area contributed by atoms with Crippen molar-refractivity contribution in [2.45, 2.75) is 0 Å². The molecule has 5 heteroatoms. The average molecular weight is 321 g/mol. The van der Waals surface area contributed by atoms with Gasteiger partial charge < -0.3 is 9.64 Å². The van der Waals surface area contributed by atoms with Crippen molar-refractivity contribution in [3.63, 3.8) is 0 Å². The van der Waals surface area contributed by atoms with Gasteiger partial charge in [-0.2, -0.15) is 0 Å². The largest absolute Gasteiger partial charge is 0.497 e. The predicted molar refractivity (Wildman–Crippen MR) is 77.7 cm³/mol. The summed E-state index contributed by atoms with van der Waals surface area (Å²) in [5.74, 6) is 0.636. The normalized spacial score (nSPS) is 10.1. The summed E-state index contributed by atoms with van der Waals surface area (Å²) in [7, 11) is 3.33. The Morgan fingerprint density at radius 1 is 1.26 bits per heavy atom. The summed E-state index contributed by atoms with van der Waals surface area (Å²) >= 11 is 3.28. The minimum Gasteiger partial charge on any atom is -0.497 e. The Hall–Kier alpha value is -1.88. The third kappa shape index (κ3) is 2.93. The summed E-state index contributed by atoms with van der Waals surface area (Å²) in [5, 5.41) is 0. The van der Waals surface area contributed by atoms with Crippen molar-refractivity contribution in [3.05, 3.63) is 52.8 Å². The number of halogens is 1. The van der Waals surface area contributed by atoms with Crippen molar-refractivity contribution in [3.8, 4) is 5.75 Å². The SMILES string of the molecule is COc1ccc(N(C)C(=O)c2cccnc2Br)cc1. The maximum Gasteiger partial charge on any atom is 0.260 e. The molecule has 0 aliphatic rings. The highest BCUT2D eigenvalue weighted by Gasteiger charge is 2.16. The molecular weight excluding hydrogens is 308 g/mol. The number of anilines is 1. The Balaban J connectivity index is 2.26. The highest BCUT2D eigenvalue weighted by Crippen LogP contribution is 2.21. The Morgan fingerprint density at radius 2 is 1.95 bits per heavy atom. The first-order valence-corrected chi connectivity index (χ1v) is 6.45. The van der Waals surface area contributed by atoms with E-state index in [0.29, 0.717) is 10.2 Å². The fourth-order valence-electron chi connectivity index (χ4n) is 1.65. The van der Waals surface area contributed by atoms with E-state index in [1.54, 1.807) is 37.4 Å². The van der Waals surface area contributed by atoms with E-state index in [1.807, 2.05) is 24.3 Å². The van der Waals surface area contributed by atoms with Gasteiger partial charge in [0.15, 0.2) is 0 Å². The van der Waals surface area contributed by atoms with Crippen molar-refractivity contribution in [2.24, 2.45) is 0 Å². The van der Waals surface area contributed by atoms with Gasteiger partial charge in [0, 0.05) is 18.9 Å². The van der Waals surface area contributed by atoms with Crippen LogP contribution in [-0.4, -0.2) is 25.0 Å². The zero-order chi connectivity index (χ0) is 13.8. The maximum absolute atomic E-state index is 12.3. The third-order valence-electron chi connectivity index (χ3n) is 2.75. The molecule has 1 aromatic carbocycles. The van der Waals surface area contributed by atoms with Gasteiger partial charge in [-0.15, -0.1) is 0 Å². The molecule has 0 N–H and O–H groups in total. The number of carbonyl (C=O) groups is 1. The van der Waals surface area contributed by atoms with E-state index >= 15 is 0 Å². The molecule has 0 aliphatic heterocycles. The van der Waals surface area contributed by atoms with Crippen LogP contribution in [0.25, 0.3) is 0 Å². The second-order valence-corrected chi connectivity index (χ2v) is 4.66. The van der Waals surface area contributed by atoms with E-state index in [4.69, 9.17) is 4.74 Å². The zero-order valence-electron chi connectivity index (χ0n) is 10.6. The molecule has 0 unspecified atom stereocenters. The Morgan fingerprint density at radius 3 is 2.53 bits per heavy atom. The van der Waals surface area contributed by atoms with Crippen LogP contribution >= 0.6 is 15.9 Å². The summed E-state index contributed by atoms with van der Waals surface area (Å²) in [6, 6.07) is 10.8. The van der Waals surface area contributed by atoms with E-state index in [9.17, 15) is 4.79 Å². The van der Waals surface area contributed by atoms with Gasteiger partial charge in [0.2, 0.25) is 0 Å². The first-order valence-electron chi connectivity index (χ1n) is 5.66. The van der Waals surface area contributed by atoms with Gasteiger partial charge in [0.25, 0.3) is 5.91 Å². The number of methoxy groups -OCH3 is 1. The molecule has 0 atom stereocenters. The van der Waals surface area contributed by atoms with E-state index in [2.05, 4.69) is 20.9 Å². The van der Waals surface area contributed by atoms with Crippen molar-refractivity contribution in [1.29, 1.82) is 0 Å². The zero-order valence-corrected chi connectivity index (χ0v) is 12.2. The third-order valence-corrected chi connectivity index (χ3v) is 3.39. The van der Waals surface area contributed by atoms with Crippen LogP contribution in [0.4, 0.5) is 5.69 Å². The molecular formula is C14H13BrN2O2. The van der Waals surface area contributed by atoms with Crippen molar-refractivity contribution < 1.29 is 9.53 Å². The quantitative estimate of drug-likeness (QED) is 0.816. The number of hydrogen-bond acceptors (Lipinski definition) is 3. The highest BCUT2D eigenvalue weighted by atomic mass is 79.9. The van der Waals surface area contributed by atoms with Crippen molar-refractivity contribution >= 4 is 27.5 Å². The van der Waals surface area contributed by atoms with Gasteiger partial charge in [-0.1, -0.05) is 0 Å². The van der Waals surface area contributed by atoms with Crippen LogP contribution in [0.2, 0.25) is 0 Å². The number of nitrogens with zero attached hydrogens (tertiary/aromatic N) is 2. The van der Waals surface area contributed by atoms with Gasteiger partial charge >= 0.3 is 0 Å². The van der Waals surface area contributed by atoms with Gasteiger partial charge in [-0.25, -0.2) is 4.98 Å². The number of rotatable bonds is 3. The van der Waals surface area contributed by atoms with Crippen LogP contribution in [0.5, 0.6) is 5.75 Å². The predicted octanol–water partition coefficient (Wildman–Crippen LogP) is 3.13. The lowest BCUT2D eigenvalue weighted by Gasteiger charge is -2.18. The number of carbonyl (C=O) groups excluding carboxylic acids is 1. The molecule has 0 bridgehead atoms. The molecule has 0 radical (unpaired) electrons. The number of ether oxygens (including phenoxy) is 1. The molecule has 1 amide bonds. The summed E-state index contributed by atoms with van der Waals surface area (Å²) in [6.45, 7) is 0. The van der Waals surface area contributed by atoms with Crippen LogP contribution in [0.1, 0.15) is 10.4 Å². The first kappa shape index (κ1) is 13.5. The van der Waals surface area contributed by atoms with Gasteiger partial charge in [0.1, 0.15) is 10.4 Å². The van der Waals surface area contributed by atoms with Gasteiger partial charge in [-0.3, -0.25) is 4.79 Å². The molecule has 98 valence electrons. The number of amides is 1.